The molecule has 0 radical (unpaired) electrons. The van der Waals surface area contributed by atoms with Crippen LogP contribution in [-0.2, 0) is 20.8 Å². The molecule has 0 aliphatic carbocycles. The standard InChI is InChI=1S/C19H27N3O3/c23-18(22-7-9-24-10-8-22)17-11-19(15-25-17)4-2-6-21(14-19)13-16-3-1-5-20-12-16/h1,3,5,12,17H,2,4,6-11,13-15H2. The number of carbonyl (C=O) groups excluding carboxylic acids is 1. The molecule has 3 fully saturated rings. The molecule has 0 N–H and O–H groups in total. The third-order valence-corrected chi connectivity index (χ3v) is 5.68. The van der Waals surface area contributed by atoms with E-state index in [9.17, 15) is 4.79 Å². The zero-order chi connectivity index (χ0) is 17.1. The van der Waals surface area contributed by atoms with Crippen LogP contribution in [0.25, 0.3) is 0 Å². The van der Waals surface area contributed by atoms with Crippen LogP contribution in [0.5, 0.6) is 0 Å². The quantitative estimate of drug-likeness (QED) is 0.827. The lowest BCUT2D eigenvalue weighted by Gasteiger charge is -2.39. The van der Waals surface area contributed by atoms with Gasteiger partial charge in [0.15, 0.2) is 0 Å². The van der Waals surface area contributed by atoms with Gasteiger partial charge in [0.25, 0.3) is 5.91 Å². The lowest BCUT2D eigenvalue weighted by atomic mass is 9.78. The maximum atomic E-state index is 12.7. The van der Waals surface area contributed by atoms with Crippen LogP contribution in [-0.4, -0.2) is 72.8 Å². The van der Waals surface area contributed by atoms with Gasteiger partial charge in [-0.15, -0.1) is 0 Å². The molecule has 0 bridgehead atoms. The monoisotopic (exact) mass is 345 g/mol. The molecule has 1 amide bonds. The first kappa shape index (κ1) is 16.9. The molecule has 25 heavy (non-hydrogen) atoms. The highest BCUT2D eigenvalue weighted by molar-refractivity contribution is 5.81. The molecule has 1 aromatic rings. The van der Waals surface area contributed by atoms with E-state index in [0.717, 1.165) is 32.5 Å². The Morgan fingerprint density at radius 2 is 2.20 bits per heavy atom. The minimum absolute atomic E-state index is 0.132. The van der Waals surface area contributed by atoms with E-state index in [1.165, 1.54) is 12.0 Å². The summed E-state index contributed by atoms with van der Waals surface area (Å²) >= 11 is 0. The van der Waals surface area contributed by atoms with Crippen molar-refractivity contribution in [2.45, 2.75) is 31.9 Å². The summed E-state index contributed by atoms with van der Waals surface area (Å²) in [6.45, 7) is 6.42. The van der Waals surface area contributed by atoms with Crippen molar-refractivity contribution in [1.29, 1.82) is 0 Å². The number of morpholine rings is 1. The predicted octanol–water partition coefficient (Wildman–Crippen LogP) is 1.31. The summed E-state index contributed by atoms with van der Waals surface area (Å²) in [5, 5.41) is 0. The van der Waals surface area contributed by atoms with Crippen LogP contribution >= 0.6 is 0 Å². The second kappa shape index (κ2) is 7.40. The van der Waals surface area contributed by atoms with Crippen LogP contribution < -0.4 is 0 Å². The minimum Gasteiger partial charge on any atom is -0.378 e. The number of piperidine rings is 1. The Morgan fingerprint density at radius 1 is 1.32 bits per heavy atom. The molecule has 4 rings (SSSR count). The van der Waals surface area contributed by atoms with Crippen LogP contribution in [0.2, 0.25) is 0 Å². The SMILES string of the molecule is O=C(C1CC2(CCCN(Cc3cccnc3)C2)CO1)N1CCOCC1. The van der Waals surface area contributed by atoms with Gasteiger partial charge in [0.1, 0.15) is 6.10 Å². The number of hydrogen-bond acceptors (Lipinski definition) is 5. The van der Waals surface area contributed by atoms with Crippen molar-refractivity contribution in [3.8, 4) is 0 Å². The highest BCUT2D eigenvalue weighted by atomic mass is 16.5. The average Bonchev–Trinajstić information content (AvgIpc) is 3.06. The first-order chi connectivity index (χ1) is 12.2. The number of nitrogens with zero attached hydrogens (tertiary/aromatic N) is 3. The van der Waals surface area contributed by atoms with Gasteiger partial charge in [0.2, 0.25) is 0 Å². The summed E-state index contributed by atoms with van der Waals surface area (Å²) in [6, 6.07) is 4.12. The van der Waals surface area contributed by atoms with E-state index in [1.54, 1.807) is 0 Å². The van der Waals surface area contributed by atoms with Gasteiger partial charge < -0.3 is 14.4 Å². The van der Waals surface area contributed by atoms with E-state index in [1.807, 2.05) is 23.4 Å². The summed E-state index contributed by atoms with van der Waals surface area (Å²) in [5.41, 5.74) is 1.38. The number of ether oxygens (including phenoxy) is 2. The first-order valence-corrected chi connectivity index (χ1v) is 9.34. The zero-order valence-corrected chi connectivity index (χ0v) is 14.7. The Hall–Kier alpha value is -1.50. The summed E-state index contributed by atoms with van der Waals surface area (Å²) in [7, 11) is 0. The van der Waals surface area contributed by atoms with E-state index in [-0.39, 0.29) is 17.4 Å². The molecule has 1 spiro atoms. The normalized spacial score (nSPS) is 30.7. The minimum atomic E-state index is -0.267. The van der Waals surface area contributed by atoms with Crippen molar-refractivity contribution in [2.24, 2.45) is 5.41 Å². The van der Waals surface area contributed by atoms with E-state index in [2.05, 4.69) is 16.0 Å². The molecule has 1 aromatic heterocycles. The Bertz CT molecular complexity index is 591. The molecule has 3 aliphatic rings. The number of amides is 1. The lowest BCUT2D eigenvalue weighted by molar-refractivity contribution is -0.144. The average molecular weight is 345 g/mol. The van der Waals surface area contributed by atoms with Gasteiger partial charge in [-0.1, -0.05) is 6.07 Å². The topological polar surface area (TPSA) is 54.9 Å². The predicted molar refractivity (Wildman–Crippen MR) is 92.9 cm³/mol. The molecule has 2 unspecified atom stereocenters. The molecule has 6 nitrogen and oxygen atoms in total. The number of carbonyl (C=O) groups is 1. The van der Waals surface area contributed by atoms with Crippen LogP contribution in [0.1, 0.15) is 24.8 Å². The van der Waals surface area contributed by atoms with Crippen molar-refractivity contribution in [2.75, 3.05) is 46.0 Å². The van der Waals surface area contributed by atoms with Gasteiger partial charge in [-0.2, -0.15) is 0 Å². The second-order valence-electron chi connectivity index (χ2n) is 7.62. The van der Waals surface area contributed by atoms with Crippen LogP contribution in [0.15, 0.2) is 24.5 Å². The summed E-state index contributed by atoms with van der Waals surface area (Å²) in [6.07, 6.45) is 6.67. The van der Waals surface area contributed by atoms with Crippen molar-refractivity contribution in [3.63, 3.8) is 0 Å². The second-order valence-corrected chi connectivity index (χ2v) is 7.62. The Balaban J connectivity index is 1.36. The molecule has 3 aliphatic heterocycles. The van der Waals surface area contributed by atoms with Crippen molar-refractivity contribution in [1.82, 2.24) is 14.8 Å². The third kappa shape index (κ3) is 3.86. The molecule has 0 aromatic carbocycles. The van der Waals surface area contributed by atoms with Crippen LogP contribution in [0.4, 0.5) is 0 Å². The van der Waals surface area contributed by atoms with E-state index >= 15 is 0 Å². The zero-order valence-electron chi connectivity index (χ0n) is 14.7. The van der Waals surface area contributed by atoms with Crippen molar-refractivity contribution in [3.05, 3.63) is 30.1 Å². The first-order valence-electron chi connectivity index (χ1n) is 9.34. The van der Waals surface area contributed by atoms with E-state index in [4.69, 9.17) is 9.47 Å². The highest BCUT2D eigenvalue weighted by Gasteiger charge is 2.46. The summed E-state index contributed by atoms with van der Waals surface area (Å²) in [5.74, 6) is 0.157. The van der Waals surface area contributed by atoms with Gasteiger partial charge in [0, 0.05) is 44.0 Å². The molecular formula is C19H27N3O3. The molecule has 0 saturated carbocycles. The maximum absolute atomic E-state index is 12.7. The molecule has 6 heteroatoms. The number of rotatable bonds is 3. The van der Waals surface area contributed by atoms with Crippen LogP contribution in [0, 0.1) is 5.41 Å². The van der Waals surface area contributed by atoms with E-state index < -0.39 is 0 Å². The molecule has 2 atom stereocenters. The molecule has 4 heterocycles. The van der Waals surface area contributed by atoms with Gasteiger partial charge in [-0.3, -0.25) is 14.7 Å². The molecule has 136 valence electrons. The molecule has 3 saturated heterocycles. The van der Waals surface area contributed by atoms with Crippen LogP contribution in [0.3, 0.4) is 0 Å². The fourth-order valence-electron chi connectivity index (χ4n) is 4.41. The Labute approximate surface area is 149 Å². The largest absolute Gasteiger partial charge is 0.378 e. The number of aromatic nitrogens is 1. The Kier molecular flexibility index (Phi) is 5.01. The smallest absolute Gasteiger partial charge is 0.251 e. The fourth-order valence-corrected chi connectivity index (χ4v) is 4.41. The number of hydrogen-bond donors (Lipinski definition) is 0. The summed E-state index contributed by atoms with van der Waals surface area (Å²) < 4.78 is 11.3. The number of likely N-dealkylation sites (tertiary alicyclic amines) is 1. The van der Waals surface area contributed by atoms with E-state index in [0.29, 0.717) is 32.9 Å². The van der Waals surface area contributed by atoms with Crippen molar-refractivity contribution < 1.29 is 14.3 Å². The Morgan fingerprint density at radius 3 is 3.00 bits per heavy atom. The van der Waals surface area contributed by atoms with Gasteiger partial charge in [0.05, 0.1) is 19.8 Å². The van der Waals surface area contributed by atoms with Gasteiger partial charge in [-0.25, -0.2) is 0 Å². The molecular weight excluding hydrogens is 318 g/mol. The number of pyridine rings is 1. The maximum Gasteiger partial charge on any atom is 0.251 e. The lowest BCUT2D eigenvalue weighted by Crippen LogP contribution is -2.46. The summed E-state index contributed by atoms with van der Waals surface area (Å²) in [4.78, 5) is 21.3. The van der Waals surface area contributed by atoms with Gasteiger partial charge >= 0.3 is 0 Å². The van der Waals surface area contributed by atoms with Crippen molar-refractivity contribution >= 4 is 5.91 Å². The highest BCUT2D eigenvalue weighted by Crippen LogP contribution is 2.41. The third-order valence-electron chi connectivity index (χ3n) is 5.68. The fraction of sp³-hybridized carbons (Fsp3) is 0.684. The van der Waals surface area contributed by atoms with Gasteiger partial charge in [-0.05, 0) is 37.4 Å².